The van der Waals surface area contributed by atoms with Gasteiger partial charge in [-0.05, 0) is 56.1 Å². The van der Waals surface area contributed by atoms with Crippen LogP contribution in [0.3, 0.4) is 0 Å². The third-order valence-electron chi connectivity index (χ3n) is 9.64. The second-order valence-electron chi connectivity index (χ2n) is 13.8. The lowest BCUT2D eigenvalue weighted by molar-refractivity contribution is -1.07. The molecular formula is C29H46N4O2+2. The number of hydrogen-bond donors (Lipinski definition) is 0. The van der Waals surface area contributed by atoms with E-state index in [2.05, 4.69) is 39.5 Å². The molecule has 4 aliphatic heterocycles. The summed E-state index contributed by atoms with van der Waals surface area (Å²) in [7, 11) is 0. The fourth-order valence-corrected chi connectivity index (χ4v) is 8.23. The number of para-hydroxylation sites is 1. The van der Waals surface area contributed by atoms with E-state index in [1.54, 1.807) is 0 Å². The van der Waals surface area contributed by atoms with Crippen molar-refractivity contribution in [2.24, 2.45) is 10.8 Å². The highest BCUT2D eigenvalue weighted by atomic mass is 16.2. The SMILES string of the molecule is CC(C)N(C(=O)C[N+]12CC[N+](CC(=O)N3C[C@@]4(C)C[C@H]3CC(C)(C)C4)(CC1)CC2)c1ccccc1. The maximum absolute atomic E-state index is 13.6. The number of quaternary nitrogens is 2. The largest absolute Gasteiger partial charge is 0.334 e. The Hall–Kier alpha value is -1.92. The van der Waals surface area contributed by atoms with Crippen LogP contribution in [0.1, 0.15) is 53.9 Å². The van der Waals surface area contributed by atoms with Crippen molar-refractivity contribution >= 4 is 17.5 Å². The van der Waals surface area contributed by atoms with Gasteiger partial charge in [0.15, 0.2) is 13.1 Å². The minimum Gasteiger partial charge on any atom is -0.334 e. The molecule has 6 heteroatoms. The smallest absolute Gasteiger partial charge is 0.282 e. The van der Waals surface area contributed by atoms with Crippen molar-refractivity contribution in [2.75, 3.05) is 63.8 Å². The summed E-state index contributed by atoms with van der Waals surface area (Å²) in [6, 6.07) is 10.6. The van der Waals surface area contributed by atoms with Crippen molar-refractivity contribution in [2.45, 2.75) is 66.0 Å². The number of benzene rings is 1. The van der Waals surface area contributed by atoms with Gasteiger partial charge in [-0.3, -0.25) is 9.59 Å². The Morgan fingerprint density at radius 3 is 2.09 bits per heavy atom. The van der Waals surface area contributed by atoms with Crippen LogP contribution in [0, 0.1) is 10.8 Å². The van der Waals surface area contributed by atoms with E-state index in [0.717, 1.165) is 66.9 Å². The van der Waals surface area contributed by atoms with Gasteiger partial charge in [0.25, 0.3) is 11.8 Å². The Morgan fingerprint density at radius 1 is 0.943 bits per heavy atom. The number of amides is 2. The molecule has 1 aliphatic carbocycles. The molecule has 6 rings (SSSR count). The van der Waals surface area contributed by atoms with Crippen LogP contribution in [-0.4, -0.2) is 96.7 Å². The standard InChI is InChI=1S/C29H46N4O2/c1-23(2)31(24-9-7-6-8-10-24)27(35)20-33-14-11-32(12-15-33,13-16-33)19-26(34)30-22-29(5)18-25(30)17-28(3,4)21-29/h6-10,23,25H,11-22H2,1-5H3/q+2/t25-,29+,32?,33?/m1/s1. The number of anilines is 1. The van der Waals surface area contributed by atoms with Crippen molar-refractivity contribution in [3.63, 3.8) is 0 Å². The number of carbonyl (C=O) groups is 2. The van der Waals surface area contributed by atoms with Gasteiger partial charge in [0.1, 0.15) is 39.3 Å². The maximum atomic E-state index is 13.6. The van der Waals surface area contributed by atoms with Gasteiger partial charge < -0.3 is 18.8 Å². The Kier molecular flexibility index (Phi) is 6.07. The average Bonchev–Trinajstić information content (AvgIpc) is 3.04. The van der Waals surface area contributed by atoms with E-state index in [4.69, 9.17) is 0 Å². The molecule has 6 nitrogen and oxygen atoms in total. The number of likely N-dealkylation sites (tertiary alicyclic amines) is 1. The van der Waals surface area contributed by atoms with E-state index in [1.807, 2.05) is 35.2 Å². The molecule has 1 saturated carbocycles. The number of rotatable bonds is 6. The van der Waals surface area contributed by atoms with Crippen LogP contribution in [0.2, 0.25) is 0 Å². The number of carbonyl (C=O) groups excluding carboxylic acids is 2. The summed E-state index contributed by atoms with van der Waals surface area (Å²) in [4.78, 5) is 31.3. The lowest BCUT2D eigenvalue weighted by Crippen LogP contribution is -2.77. The van der Waals surface area contributed by atoms with Gasteiger partial charge in [-0.15, -0.1) is 0 Å². The molecule has 1 aromatic carbocycles. The molecule has 5 aliphatic rings. The van der Waals surface area contributed by atoms with Crippen LogP contribution in [-0.2, 0) is 9.59 Å². The molecule has 0 unspecified atom stereocenters. The van der Waals surface area contributed by atoms with Crippen molar-refractivity contribution in [3.05, 3.63) is 30.3 Å². The molecule has 4 saturated heterocycles. The van der Waals surface area contributed by atoms with Crippen LogP contribution in [0.15, 0.2) is 30.3 Å². The summed E-state index contributed by atoms with van der Waals surface area (Å²) in [5.41, 5.74) is 1.62. The fraction of sp³-hybridized carbons (Fsp3) is 0.724. The molecule has 2 atom stereocenters. The summed E-state index contributed by atoms with van der Waals surface area (Å²) in [6.45, 7) is 19.6. The van der Waals surface area contributed by atoms with Gasteiger partial charge in [0, 0.05) is 24.3 Å². The summed E-state index contributed by atoms with van der Waals surface area (Å²) in [6.07, 6.45) is 3.55. The lowest BCUT2D eigenvalue weighted by atomic mass is 9.65. The Labute approximate surface area is 212 Å². The molecule has 5 fully saturated rings. The van der Waals surface area contributed by atoms with Crippen LogP contribution in [0.5, 0.6) is 0 Å². The fourth-order valence-electron chi connectivity index (χ4n) is 8.23. The monoisotopic (exact) mass is 482 g/mol. The first-order valence-corrected chi connectivity index (χ1v) is 13.8. The molecule has 1 aromatic rings. The molecule has 0 radical (unpaired) electrons. The summed E-state index contributed by atoms with van der Waals surface area (Å²) < 4.78 is 1.82. The van der Waals surface area contributed by atoms with Gasteiger partial charge >= 0.3 is 0 Å². The lowest BCUT2D eigenvalue weighted by Gasteiger charge is -2.55. The van der Waals surface area contributed by atoms with Crippen molar-refractivity contribution in [1.82, 2.24) is 4.90 Å². The Bertz CT molecular complexity index is 950. The van der Waals surface area contributed by atoms with E-state index in [9.17, 15) is 9.59 Å². The first-order chi connectivity index (χ1) is 16.4. The van der Waals surface area contributed by atoms with E-state index in [0.29, 0.717) is 35.9 Å². The quantitative estimate of drug-likeness (QED) is 0.582. The predicted molar refractivity (Wildman–Crippen MR) is 140 cm³/mol. The van der Waals surface area contributed by atoms with Crippen LogP contribution < -0.4 is 4.90 Å². The van der Waals surface area contributed by atoms with Gasteiger partial charge in [0.2, 0.25) is 0 Å². The van der Waals surface area contributed by atoms with Crippen molar-refractivity contribution < 1.29 is 18.6 Å². The van der Waals surface area contributed by atoms with Gasteiger partial charge in [0.05, 0.1) is 0 Å². The second kappa shape index (κ2) is 8.58. The van der Waals surface area contributed by atoms with Crippen LogP contribution in [0.25, 0.3) is 0 Å². The number of nitrogens with zero attached hydrogens (tertiary/aromatic N) is 4. The first-order valence-electron chi connectivity index (χ1n) is 13.8. The first kappa shape index (κ1) is 24.8. The van der Waals surface area contributed by atoms with E-state index < -0.39 is 0 Å². The summed E-state index contributed by atoms with van der Waals surface area (Å²) >= 11 is 0. The summed E-state index contributed by atoms with van der Waals surface area (Å²) in [5, 5.41) is 0. The number of fused-ring (bicyclic) bond motifs is 5. The van der Waals surface area contributed by atoms with Crippen molar-refractivity contribution in [3.8, 4) is 0 Å². The highest BCUT2D eigenvalue weighted by Gasteiger charge is 2.54. The van der Waals surface area contributed by atoms with Crippen LogP contribution in [0.4, 0.5) is 5.69 Å². The third-order valence-corrected chi connectivity index (χ3v) is 9.64. The molecule has 4 bridgehead atoms. The van der Waals surface area contributed by atoms with Gasteiger partial charge in [-0.1, -0.05) is 39.0 Å². The molecule has 0 aromatic heterocycles. The molecule has 4 heterocycles. The van der Waals surface area contributed by atoms with Gasteiger partial charge in [-0.25, -0.2) is 0 Å². The van der Waals surface area contributed by atoms with Crippen LogP contribution >= 0.6 is 0 Å². The number of hydrogen-bond acceptors (Lipinski definition) is 2. The van der Waals surface area contributed by atoms with E-state index in [1.165, 1.54) is 12.8 Å². The topological polar surface area (TPSA) is 40.6 Å². The van der Waals surface area contributed by atoms with E-state index in [-0.39, 0.29) is 11.9 Å². The zero-order chi connectivity index (χ0) is 25.1. The van der Waals surface area contributed by atoms with Gasteiger partial charge in [-0.2, -0.15) is 0 Å². The number of piperazine rings is 3. The van der Waals surface area contributed by atoms with Crippen molar-refractivity contribution in [1.29, 1.82) is 0 Å². The molecule has 192 valence electrons. The zero-order valence-electron chi connectivity index (χ0n) is 22.6. The molecule has 2 amide bonds. The minimum absolute atomic E-state index is 0.136. The molecule has 0 spiro atoms. The summed E-state index contributed by atoms with van der Waals surface area (Å²) in [5.74, 6) is 0.605. The minimum atomic E-state index is 0.136. The Balaban J connectivity index is 1.21. The van der Waals surface area contributed by atoms with E-state index >= 15 is 0 Å². The highest BCUT2D eigenvalue weighted by Crippen LogP contribution is 2.52. The molecule has 0 N–H and O–H groups in total. The zero-order valence-corrected chi connectivity index (χ0v) is 22.6. The Morgan fingerprint density at radius 2 is 1.51 bits per heavy atom. The molecular weight excluding hydrogens is 436 g/mol. The normalized spacial score (nSPS) is 35.4. The highest BCUT2D eigenvalue weighted by molar-refractivity contribution is 5.94. The average molecular weight is 483 g/mol. The third kappa shape index (κ3) is 4.76. The predicted octanol–water partition coefficient (Wildman–Crippen LogP) is 3.52. The molecule has 35 heavy (non-hydrogen) atoms. The maximum Gasteiger partial charge on any atom is 0.282 e. The second-order valence-corrected chi connectivity index (χ2v) is 13.8.